The van der Waals surface area contributed by atoms with Crippen molar-refractivity contribution in [3.8, 4) is 0 Å². The maximum Gasteiger partial charge on any atom is 0.252 e. The van der Waals surface area contributed by atoms with Crippen LogP contribution in [0.1, 0.15) is 19.4 Å². The van der Waals surface area contributed by atoms with Crippen molar-refractivity contribution in [2.45, 2.75) is 25.7 Å². The summed E-state index contributed by atoms with van der Waals surface area (Å²) >= 11 is 0. The molecule has 0 saturated carbocycles. The number of aromatic nitrogens is 2. The van der Waals surface area contributed by atoms with Gasteiger partial charge in [0.1, 0.15) is 0 Å². The average molecular weight is 407 g/mol. The zero-order chi connectivity index (χ0) is 20.1. The van der Waals surface area contributed by atoms with Gasteiger partial charge in [-0.3, -0.25) is 9.48 Å². The van der Waals surface area contributed by atoms with Crippen molar-refractivity contribution in [3.63, 3.8) is 0 Å². The molecule has 3 atom stereocenters. The van der Waals surface area contributed by atoms with Crippen molar-refractivity contribution in [3.05, 3.63) is 59.6 Å². The van der Waals surface area contributed by atoms with Gasteiger partial charge < -0.3 is 15.1 Å². The van der Waals surface area contributed by atoms with Crippen LogP contribution in [0.5, 0.6) is 0 Å². The summed E-state index contributed by atoms with van der Waals surface area (Å²) in [5.41, 5.74) is 4.51. The van der Waals surface area contributed by atoms with Gasteiger partial charge in [0, 0.05) is 56.6 Å². The number of piperazine rings is 1. The number of hydrogen-bond donors (Lipinski definition) is 1. The van der Waals surface area contributed by atoms with E-state index in [1.165, 1.54) is 5.57 Å². The van der Waals surface area contributed by atoms with Crippen LogP contribution in [0.3, 0.4) is 0 Å². The molecule has 3 aliphatic rings. The number of amides is 1. The summed E-state index contributed by atoms with van der Waals surface area (Å²) in [6.45, 7) is 7.28. The molecule has 3 aliphatic heterocycles. The maximum absolute atomic E-state index is 13.1. The number of aryl methyl sites for hydroxylation is 1. The summed E-state index contributed by atoms with van der Waals surface area (Å²) in [5.74, 6) is 0.194. The number of allylic oxidation sites excluding steroid dienone is 1. The molecule has 0 bridgehead atoms. The quantitative estimate of drug-likeness (QED) is 0.778. The Morgan fingerprint density at radius 1 is 1.28 bits per heavy atom. The SMILES string of the molecule is CC1=CC(N2CCN[C@H](C)C2)=CN2C(=O)C=C(c3ccc4nn(C)cc4c3)PC12. The normalized spacial score (nSPS) is 25.8. The van der Waals surface area contributed by atoms with Crippen molar-refractivity contribution in [1.82, 2.24) is 24.9 Å². The maximum atomic E-state index is 13.1. The Morgan fingerprint density at radius 3 is 2.97 bits per heavy atom. The summed E-state index contributed by atoms with van der Waals surface area (Å²) in [7, 11) is 2.47. The second kappa shape index (κ2) is 7.12. The summed E-state index contributed by atoms with van der Waals surface area (Å²) in [6, 6.07) is 6.74. The molecule has 5 rings (SSSR count). The van der Waals surface area contributed by atoms with Crippen LogP contribution in [0, 0.1) is 0 Å². The fraction of sp³-hybridized carbons (Fsp3) is 0.364. The summed E-state index contributed by atoms with van der Waals surface area (Å²) < 4.78 is 1.83. The van der Waals surface area contributed by atoms with Crippen LogP contribution in [0.2, 0.25) is 0 Å². The largest absolute Gasteiger partial charge is 0.368 e. The van der Waals surface area contributed by atoms with E-state index >= 15 is 0 Å². The predicted octanol–water partition coefficient (Wildman–Crippen LogP) is 2.86. The third kappa shape index (κ3) is 3.41. The molecule has 1 saturated heterocycles. The summed E-state index contributed by atoms with van der Waals surface area (Å²) in [5, 5.41) is 10.2. The zero-order valence-corrected chi connectivity index (χ0v) is 18.0. The molecule has 4 heterocycles. The first-order valence-corrected chi connectivity index (χ1v) is 11.2. The van der Waals surface area contributed by atoms with E-state index in [4.69, 9.17) is 0 Å². The molecule has 6 nitrogen and oxygen atoms in total. The van der Waals surface area contributed by atoms with Gasteiger partial charge in [-0.1, -0.05) is 14.6 Å². The first-order chi connectivity index (χ1) is 14.0. The van der Waals surface area contributed by atoms with Crippen molar-refractivity contribution in [2.75, 3.05) is 19.6 Å². The van der Waals surface area contributed by atoms with E-state index in [0.717, 1.165) is 47.1 Å². The summed E-state index contributed by atoms with van der Waals surface area (Å²) in [6.07, 6.45) is 8.17. The standard InChI is InChI=1S/C22H26N5OP/c1-14-8-18(26-7-6-23-15(2)11-26)13-27-21(28)10-20(29-22(14)27)16-4-5-19-17(9-16)12-25(3)24-19/h4-5,8-10,12-13,15,22-23,29H,6-7,11H2,1-3H3/t15-,22?/m1/s1. The fourth-order valence-corrected chi connectivity index (χ4v) is 5.85. The number of benzene rings is 1. The fourth-order valence-electron chi connectivity index (χ4n) is 4.37. The van der Waals surface area contributed by atoms with Gasteiger partial charge in [-0.25, -0.2) is 0 Å². The number of fused-ring (bicyclic) bond motifs is 2. The summed E-state index contributed by atoms with van der Waals surface area (Å²) in [4.78, 5) is 17.4. The molecule has 1 N–H and O–H groups in total. The Bertz CT molecular complexity index is 1080. The first kappa shape index (κ1) is 18.6. The van der Waals surface area contributed by atoms with Crippen LogP contribution in [-0.4, -0.2) is 56.9 Å². The highest BCUT2D eigenvalue weighted by Crippen LogP contribution is 2.47. The molecule has 0 spiro atoms. The Labute approximate surface area is 172 Å². The lowest BCUT2D eigenvalue weighted by Gasteiger charge is -2.41. The van der Waals surface area contributed by atoms with Crippen molar-refractivity contribution < 1.29 is 4.79 Å². The lowest BCUT2D eigenvalue weighted by atomic mass is 10.1. The minimum absolute atomic E-state index is 0.0724. The van der Waals surface area contributed by atoms with E-state index < -0.39 is 0 Å². The van der Waals surface area contributed by atoms with Crippen LogP contribution < -0.4 is 5.32 Å². The Kier molecular flexibility index (Phi) is 4.56. The van der Waals surface area contributed by atoms with Gasteiger partial charge in [0.2, 0.25) is 0 Å². The minimum Gasteiger partial charge on any atom is -0.368 e. The minimum atomic E-state index is 0.0724. The molecule has 29 heavy (non-hydrogen) atoms. The number of hydrogen-bond acceptors (Lipinski definition) is 4. The monoisotopic (exact) mass is 407 g/mol. The molecule has 150 valence electrons. The number of nitrogens with zero attached hydrogens (tertiary/aromatic N) is 4. The number of carbonyl (C=O) groups is 1. The Morgan fingerprint density at radius 2 is 2.14 bits per heavy atom. The predicted molar refractivity (Wildman–Crippen MR) is 119 cm³/mol. The van der Waals surface area contributed by atoms with E-state index in [1.807, 2.05) is 35.0 Å². The zero-order valence-electron chi connectivity index (χ0n) is 17.0. The van der Waals surface area contributed by atoms with Crippen LogP contribution in [0.25, 0.3) is 16.2 Å². The number of carbonyl (C=O) groups excluding carboxylic acids is 1. The number of nitrogens with one attached hydrogen (secondary N) is 1. The van der Waals surface area contributed by atoms with E-state index in [2.05, 4.69) is 53.6 Å². The first-order valence-electron chi connectivity index (χ1n) is 10.1. The third-order valence-corrected chi connectivity index (χ3v) is 7.59. The average Bonchev–Trinajstić information content (AvgIpc) is 3.07. The molecule has 0 radical (unpaired) electrons. The highest BCUT2D eigenvalue weighted by Gasteiger charge is 2.33. The van der Waals surface area contributed by atoms with E-state index in [0.29, 0.717) is 14.6 Å². The Hall–Kier alpha value is -2.43. The van der Waals surface area contributed by atoms with E-state index in [-0.39, 0.29) is 11.7 Å². The molecule has 2 unspecified atom stereocenters. The van der Waals surface area contributed by atoms with Gasteiger partial charge >= 0.3 is 0 Å². The molecule has 1 fully saturated rings. The van der Waals surface area contributed by atoms with Crippen molar-refractivity contribution >= 4 is 30.7 Å². The third-order valence-electron chi connectivity index (χ3n) is 5.83. The molecule has 1 aromatic heterocycles. The second-order valence-electron chi connectivity index (χ2n) is 8.17. The molecular formula is C22H26N5OP. The molecule has 7 heteroatoms. The van der Waals surface area contributed by atoms with Gasteiger partial charge in [0.15, 0.2) is 0 Å². The van der Waals surface area contributed by atoms with Crippen molar-refractivity contribution in [1.29, 1.82) is 0 Å². The van der Waals surface area contributed by atoms with Gasteiger partial charge in [-0.05, 0) is 48.5 Å². The van der Waals surface area contributed by atoms with E-state index in [1.54, 1.807) is 0 Å². The van der Waals surface area contributed by atoms with Gasteiger partial charge in [-0.2, -0.15) is 5.10 Å². The van der Waals surface area contributed by atoms with Crippen LogP contribution in [-0.2, 0) is 11.8 Å². The van der Waals surface area contributed by atoms with Gasteiger partial charge in [-0.15, -0.1) is 0 Å². The highest BCUT2D eigenvalue weighted by molar-refractivity contribution is 7.51. The molecule has 0 aliphatic carbocycles. The highest BCUT2D eigenvalue weighted by atomic mass is 31.1. The van der Waals surface area contributed by atoms with E-state index in [9.17, 15) is 4.79 Å². The van der Waals surface area contributed by atoms with Gasteiger partial charge in [0.05, 0.1) is 17.0 Å². The van der Waals surface area contributed by atoms with Crippen molar-refractivity contribution in [2.24, 2.45) is 7.05 Å². The number of rotatable bonds is 2. The van der Waals surface area contributed by atoms with Crippen LogP contribution in [0.4, 0.5) is 0 Å². The van der Waals surface area contributed by atoms with Crippen LogP contribution in [0.15, 0.2) is 54.0 Å². The molecular weight excluding hydrogens is 381 g/mol. The second-order valence-corrected chi connectivity index (χ2v) is 9.54. The molecule has 2 aromatic rings. The molecule has 1 amide bonds. The lowest BCUT2D eigenvalue weighted by molar-refractivity contribution is -0.124. The Balaban J connectivity index is 1.45. The lowest BCUT2D eigenvalue weighted by Crippen LogP contribution is -2.49. The van der Waals surface area contributed by atoms with Crippen LogP contribution >= 0.6 is 8.58 Å². The smallest absolute Gasteiger partial charge is 0.252 e. The topological polar surface area (TPSA) is 53.4 Å². The van der Waals surface area contributed by atoms with Gasteiger partial charge in [0.25, 0.3) is 5.91 Å². The molecule has 1 aromatic carbocycles.